The lowest BCUT2D eigenvalue weighted by Gasteiger charge is -2.26. The zero-order valence-electron chi connectivity index (χ0n) is 14.6. The van der Waals surface area contributed by atoms with Crippen molar-refractivity contribution in [2.45, 2.75) is 25.3 Å². The normalized spacial score (nSPS) is 16.0. The maximum absolute atomic E-state index is 13.3. The summed E-state index contributed by atoms with van der Waals surface area (Å²) >= 11 is 0. The number of nitrogens with zero attached hydrogens (tertiary/aromatic N) is 3. The Morgan fingerprint density at radius 3 is 2.62 bits per heavy atom. The van der Waals surface area contributed by atoms with Gasteiger partial charge in [-0.25, -0.2) is 12.8 Å². The monoisotopic (exact) mass is 381 g/mol. The number of Topliss-reactive ketones (excluding diaryl/α,β-unsaturated/α-hetero) is 1. The molecular formula is C17H20FN3O4S. The molecule has 1 saturated heterocycles. The molecule has 2 aromatic rings. The summed E-state index contributed by atoms with van der Waals surface area (Å²) in [5.74, 6) is -0.842. The van der Waals surface area contributed by atoms with Crippen molar-refractivity contribution in [3.63, 3.8) is 0 Å². The summed E-state index contributed by atoms with van der Waals surface area (Å²) in [6.07, 6.45) is 0. The molecule has 9 heteroatoms. The molecule has 1 aliphatic rings. The highest BCUT2D eigenvalue weighted by Crippen LogP contribution is 2.24. The Bertz CT molecular complexity index is 933. The minimum atomic E-state index is -3.71. The third-order valence-electron chi connectivity index (χ3n) is 4.32. The van der Waals surface area contributed by atoms with Gasteiger partial charge in [0.05, 0.1) is 24.6 Å². The number of ketones is 1. The Morgan fingerprint density at radius 1 is 1.27 bits per heavy atom. The maximum Gasteiger partial charge on any atom is 0.246 e. The topological polar surface area (TPSA) is 81.5 Å². The van der Waals surface area contributed by atoms with E-state index in [2.05, 4.69) is 5.10 Å². The van der Waals surface area contributed by atoms with E-state index in [1.165, 1.54) is 27.2 Å². The van der Waals surface area contributed by atoms with Gasteiger partial charge in [-0.2, -0.15) is 9.40 Å². The molecule has 3 rings (SSSR count). The molecule has 0 amide bonds. The molecule has 1 fully saturated rings. The smallest absolute Gasteiger partial charge is 0.246 e. The molecule has 2 heterocycles. The van der Waals surface area contributed by atoms with E-state index in [4.69, 9.17) is 4.74 Å². The van der Waals surface area contributed by atoms with Gasteiger partial charge in [-0.3, -0.25) is 9.48 Å². The number of benzene rings is 1. The van der Waals surface area contributed by atoms with E-state index in [9.17, 15) is 17.6 Å². The SMILES string of the molecule is Cc1nn(CC(=O)c2cccc(F)c2)c(C)c1S(=O)(=O)N1CCOCC1. The molecule has 0 bridgehead atoms. The fraction of sp³-hybridized carbons (Fsp3) is 0.412. The highest BCUT2D eigenvalue weighted by atomic mass is 32.2. The van der Waals surface area contributed by atoms with Crippen molar-refractivity contribution in [3.05, 3.63) is 47.0 Å². The molecule has 1 aromatic heterocycles. The van der Waals surface area contributed by atoms with Crippen LogP contribution in [0.3, 0.4) is 0 Å². The van der Waals surface area contributed by atoms with Crippen LogP contribution in [-0.4, -0.2) is 54.6 Å². The molecule has 140 valence electrons. The van der Waals surface area contributed by atoms with E-state index in [0.717, 1.165) is 6.07 Å². The van der Waals surface area contributed by atoms with Gasteiger partial charge in [-0.15, -0.1) is 0 Å². The molecule has 0 unspecified atom stereocenters. The van der Waals surface area contributed by atoms with E-state index < -0.39 is 15.8 Å². The number of halogens is 1. The highest BCUT2D eigenvalue weighted by Gasteiger charge is 2.32. The van der Waals surface area contributed by atoms with Crippen molar-refractivity contribution < 1.29 is 22.3 Å². The fourth-order valence-corrected chi connectivity index (χ4v) is 4.79. The third-order valence-corrected chi connectivity index (χ3v) is 6.47. The maximum atomic E-state index is 13.3. The minimum absolute atomic E-state index is 0.117. The van der Waals surface area contributed by atoms with E-state index in [0.29, 0.717) is 24.6 Å². The summed E-state index contributed by atoms with van der Waals surface area (Å²) < 4.78 is 47.1. The van der Waals surface area contributed by atoms with Gasteiger partial charge in [-0.1, -0.05) is 12.1 Å². The van der Waals surface area contributed by atoms with Crippen molar-refractivity contribution in [2.24, 2.45) is 0 Å². The van der Waals surface area contributed by atoms with Crippen LogP contribution >= 0.6 is 0 Å². The number of ether oxygens (including phenoxy) is 1. The number of aromatic nitrogens is 2. The van der Waals surface area contributed by atoms with Crippen molar-refractivity contribution in [3.8, 4) is 0 Å². The average molecular weight is 381 g/mol. The van der Waals surface area contributed by atoms with Crippen LogP contribution in [-0.2, 0) is 21.3 Å². The second kappa shape index (κ2) is 7.26. The molecule has 26 heavy (non-hydrogen) atoms. The van der Waals surface area contributed by atoms with Crippen LogP contribution in [0.5, 0.6) is 0 Å². The van der Waals surface area contributed by atoms with Crippen molar-refractivity contribution in [1.82, 2.24) is 14.1 Å². The summed E-state index contributed by atoms with van der Waals surface area (Å²) in [5, 5.41) is 4.22. The number of carbonyl (C=O) groups is 1. The number of hydrogen-bond acceptors (Lipinski definition) is 5. The summed E-state index contributed by atoms with van der Waals surface area (Å²) in [6.45, 7) is 4.33. The molecule has 7 nitrogen and oxygen atoms in total. The average Bonchev–Trinajstić information content (AvgIpc) is 2.89. The molecule has 0 atom stereocenters. The first-order valence-electron chi connectivity index (χ1n) is 8.21. The third kappa shape index (κ3) is 3.55. The van der Waals surface area contributed by atoms with Gasteiger partial charge in [0.1, 0.15) is 17.3 Å². The number of morpholine rings is 1. The van der Waals surface area contributed by atoms with Gasteiger partial charge in [-0.05, 0) is 26.0 Å². The number of carbonyl (C=O) groups excluding carboxylic acids is 1. The fourth-order valence-electron chi connectivity index (χ4n) is 3.01. The van der Waals surface area contributed by atoms with E-state index in [1.807, 2.05) is 0 Å². The highest BCUT2D eigenvalue weighted by molar-refractivity contribution is 7.89. The Labute approximate surface area is 151 Å². The zero-order chi connectivity index (χ0) is 18.9. The van der Waals surface area contributed by atoms with Gasteiger partial charge >= 0.3 is 0 Å². The Morgan fingerprint density at radius 2 is 1.96 bits per heavy atom. The van der Waals surface area contributed by atoms with Crippen LogP contribution in [0.25, 0.3) is 0 Å². The first-order chi connectivity index (χ1) is 12.3. The number of hydrogen-bond donors (Lipinski definition) is 0. The van der Waals surface area contributed by atoms with Crippen LogP contribution in [0.1, 0.15) is 21.7 Å². The van der Waals surface area contributed by atoms with Crippen molar-refractivity contribution >= 4 is 15.8 Å². The molecule has 0 N–H and O–H groups in total. The van der Waals surface area contributed by atoms with E-state index in [1.54, 1.807) is 13.8 Å². The van der Waals surface area contributed by atoms with Crippen LogP contribution in [0.4, 0.5) is 4.39 Å². The Hall–Kier alpha value is -2.10. The second-order valence-corrected chi connectivity index (χ2v) is 7.98. The van der Waals surface area contributed by atoms with Gasteiger partial charge in [0.2, 0.25) is 10.0 Å². The number of aryl methyl sites for hydroxylation is 1. The van der Waals surface area contributed by atoms with E-state index in [-0.39, 0.29) is 35.9 Å². The van der Waals surface area contributed by atoms with Crippen LogP contribution in [0, 0.1) is 19.7 Å². The molecule has 1 aliphatic heterocycles. The Kier molecular flexibility index (Phi) is 5.22. The van der Waals surface area contributed by atoms with Crippen molar-refractivity contribution in [1.29, 1.82) is 0 Å². The molecule has 0 saturated carbocycles. The second-order valence-electron chi connectivity index (χ2n) is 6.11. The lowest BCUT2D eigenvalue weighted by molar-refractivity contribution is 0.0730. The predicted molar refractivity (Wildman–Crippen MR) is 92.0 cm³/mol. The summed E-state index contributed by atoms with van der Waals surface area (Å²) in [5.41, 5.74) is 0.940. The lowest BCUT2D eigenvalue weighted by Crippen LogP contribution is -2.41. The van der Waals surface area contributed by atoms with E-state index >= 15 is 0 Å². The molecule has 1 aromatic carbocycles. The van der Waals surface area contributed by atoms with Gasteiger partial charge in [0.15, 0.2) is 5.78 Å². The van der Waals surface area contributed by atoms with Crippen LogP contribution in [0.15, 0.2) is 29.2 Å². The first kappa shape index (κ1) is 18.7. The number of rotatable bonds is 5. The summed E-state index contributed by atoms with van der Waals surface area (Å²) in [4.78, 5) is 12.5. The van der Waals surface area contributed by atoms with Gasteiger partial charge in [0.25, 0.3) is 0 Å². The van der Waals surface area contributed by atoms with Crippen LogP contribution in [0.2, 0.25) is 0 Å². The molecule has 0 aliphatic carbocycles. The quantitative estimate of drug-likeness (QED) is 0.734. The van der Waals surface area contributed by atoms with Gasteiger partial charge < -0.3 is 4.74 Å². The van der Waals surface area contributed by atoms with Crippen LogP contribution < -0.4 is 0 Å². The predicted octanol–water partition coefficient (Wildman–Crippen LogP) is 1.54. The van der Waals surface area contributed by atoms with Crippen molar-refractivity contribution in [2.75, 3.05) is 26.3 Å². The molecule has 0 radical (unpaired) electrons. The van der Waals surface area contributed by atoms with Gasteiger partial charge in [0, 0.05) is 18.7 Å². The lowest BCUT2D eigenvalue weighted by atomic mass is 10.1. The molecular weight excluding hydrogens is 361 g/mol. The molecule has 0 spiro atoms. The summed E-state index contributed by atoms with van der Waals surface area (Å²) in [7, 11) is -3.71. The summed E-state index contributed by atoms with van der Waals surface area (Å²) in [6, 6.07) is 5.38. The minimum Gasteiger partial charge on any atom is -0.379 e. The largest absolute Gasteiger partial charge is 0.379 e. The zero-order valence-corrected chi connectivity index (χ0v) is 15.4. The first-order valence-corrected chi connectivity index (χ1v) is 9.65. The number of sulfonamides is 1. The standard InChI is InChI=1S/C17H20FN3O4S/c1-12-17(26(23,24)20-6-8-25-9-7-20)13(2)21(19-12)11-16(22)14-4-3-5-15(18)10-14/h3-5,10H,6-9,11H2,1-2H3. The Balaban J connectivity index is 1.89.